The van der Waals surface area contributed by atoms with Crippen LogP contribution >= 0.6 is 0 Å². The van der Waals surface area contributed by atoms with Gasteiger partial charge in [-0.15, -0.1) is 0 Å². The number of carbonyl (C=O) groups excluding carboxylic acids is 2. The number of carbonyl (C=O) groups is 2. The largest absolute Gasteiger partial charge is 0.457 e. The van der Waals surface area contributed by atoms with E-state index in [1.807, 2.05) is 43.3 Å². The molecular weight excluding hydrogens is 460 g/mol. The Morgan fingerprint density at radius 2 is 1.59 bits per heavy atom. The average molecular weight is 495 g/mol. The highest BCUT2D eigenvalue weighted by Gasteiger charge is 2.18. The number of ether oxygens (including phenoxy) is 1. The van der Waals surface area contributed by atoms with E-state index in [0.29, 0.717) is 22.6 Å². The molecule has 0 aliphatic rings. The summed E-state index contributed by atoms with van der Waals surface area (Å²) in [6.45, 7) is 4.16. The smallest absolute Gasteiger partial charge is 0.253 e. The molecule has 0 heterocycles. The summed E-state index contributed by atoms with van der Waals surface area (Å²) in [5, 5.41) is 5.49. The molecule has 0 aliphatic heterocycles. The third-order valence-corrected chi connectivity index (χ3v) is 6.51. The molecule has 5 nitrogen and oxygen atoms in total. The van der Waals surface area contributed by atoms with Crippen LogP contribution in [-0.4, -0.2) is 30.8 Å². The van der Waals surface area contributed by atoms with Crippen molar-refractivity contribution in [1.29, 1.82) is 0 Å². The number of amides is 2. The SMILES string of the molecule is CCCCc1ccc(Oc2ccc(C(=O)N(C)C)cc2)cc1C(=O)N[C@H](C)c1cccc2ccccc12. The van der Waals surface area contributed by atoms with E-state index in [2.05, 4.69) is 36.5 Å². The summed E-state index contributed by atoms with van der Waals surface area (Å²) >= 11 is 0. The zero-order valence-electron chi connectivity index (χ0n) is 22.0. The summed E-state index contributed by atoms with van der Waals surface area (Å²) in [6.07, 6.45) is 2.87. The van der Waals surface area contributed by atoms with Crippen molar-refractivity contribution in [2.24, 2.45) is 0 Å². The number of aryl methyl sites for hydroxylation is 1. The third-order valence-electron chi connectivity index (χ3n) is 6.51. The number of fused-ring (bicyclic) bond motifs is 1. The highest BCUT2D eigenvalue weighted by molar-refractivity contribution is 5.97. The lowest BCUT2D eigenvalue weighted by molar-refractivity contribution is 0.0827. The second-order valence-corrected chi connectivity index (χ2v) is 9.51. The molecule has 0 aliphatic carbocycles. The van der Waals surface area contributed by atoms with Crippen molar-refractivity contribution in [3.05, 3.63) is 107 Å². The van der Waals surface area contributed by atoms with Crippen molar-refractivity contribution in [3.8, 4) is 11.5 Å². The van der Waals surface area contributed by atoms with Crippen molar-refractivity contribution in [3.63, 3.8) is 0 Å². The van der Waals surface area contributed by atoms with Gasteiger partial charge < -0.3 is 15.0 Å². The Morgan fingerprint density at radius 3 is 2.32 bits per heavy atom. The minimum Gasteiger partial charge on any atom is -0.457 e. The van der Waals surface area contributed by atoms with Gasteiger partial charge in [-0.05, 0) is 78.1 Å². The number of benzene rings is 4. The first-order valence-electron chi connectivity index (χ1n) is 12.8. The summed E-state index contributed by atoms with van der Waals surface area (Å²) < 4.78 is 6.07. The summed E-state index contributed by atoms with van der Waals surface area (Å²) in [4.78, 5) is 27.2. The van der Waals surface area contributed by atoms with Crippen LogP contribution in [0.25, 0.3) is 10.8 Å². The first kappa shape index (κ1) is 26.0. The Kier molecular flexibility index (Phi) is 8.24. The fraction of sp³-hybridized carbons (Fsp3) is 0.250. The van der Waals surface area contributed by atoms with Crippen molar-refractivity contribution >= 4 is 22.6 Å². The van der Waals surface area contributed by atoms with Crippen molar-refractivity contribution in [2.75, 3.05) is 14.1 Å². The van der Waals surface area contributed by atoms with Gasteiger partial charge in [-0.25, -0.2) is 0 Å². The Morgan fingerprint density at radius 1 is 0.892 bits per heavy atom. The second-order valence-electron chi connectivity index (χ2n) is 9.51. The quantitative estimate of drug-likeness (QED) is 0.268. The van der Waals surface area contributed by atoms with Gasteiger partial charge in [-0.2, -0.15) is 0 Å². The molecule has 0 fully saturated rings. The molecule has 0 bridgehead atoms. The van der Waals surface area contributed by atoms with E-state index < -0.39 is 0 Å². The summed E-state index contributed by atoms with van der Waals surface area (Å²) in [5.41, 5.74) is 3.30. The number of unbranched alkanes of at least 4 members (excludes halogenated alkanes) is 1. The van der Waals surface area contributed by atoms with Crippen LogP contribution in [0.1, 0.15) is 64.6 Å². The topological polar surface area (TPSA) is 58.6 Å². The van der Waals surface area contributed by atoms with Gasteiger partial charge in [0.25, 0.3) is 11.8 Å². The number of hydrogen-bond acceptors (Lipinski definition) is 3. The minimum absolute atomic E-state index is 0.0638. The number of rotatable bonds is 9. The van der Waals surface area contributed by atoms with E-state index in [1.54, 1.807) is 38.4 Å². The van der Waals surface area contributed by atoms with Gasteiger partial charge in [-0.3, -0.25) is 9.59 Å². The Labute approximate surface area is 219 Å². The molecule has 0 spiro atoms. The van der Waals surface area contributed by atoms with Gasteiger partial charge in [0, 0.05) is 25.2 Å². The molecule has 0 saturated carbocycles. The first-order chi connectivity index (χ1) is 17.9. The monoisotopic (exact) mass is 494 g/mol. The molecule has 0 radical (unpaired) electrons. The van der Waals surface area contributed by atoms with Crippen LogP contribution in [0.5, 0.6) is 11.5 Å². The first-order valence-corrected chi connectivity index (χ1v) is 12.8. The predicted octanol–water partition coefficient (Wildman–Crippen LogP) is 7.17. The molecule has 4 aromatic rings. The van der Waals surface area contributed by atoms with Gasteiger partial charge in [0.2, 0.25) is 0 Å². The number of nitrogens with one attached hydrogen (secondary N) is 1. The molecule has 2 amide bonds. The molecular formula is C32H34N2O3. The normalized spacial score (nSPS) is 11.7. The van der Waals surface area contributed by atoms with E-state index in [-0.39, 0.29) is 17.9 Å². The molecule has 1 N–H and O–H groups in total. The zero-order chi connectivity index (χ0) is 26.4. The van der Waals surface area contributed by atoms with E-state index >= 15 is 0 Å². The molecule has 0 saturated heterocycles. The molecule has 37 heavy (non-hydrogen) atoms. The van der Waals surface area contributed by atoms with Crippen LogP contribution in [0, 0.1) is 0 Å². The highest BCUT2D eigenvalue weighted by atomic mass is 16.5. The van der Waals surface area contributed by atoms with Crippen molar-refractivity contribution < 1.29 is 14.3 Å². The van der Waals surface area contributed by atoms with Gasteiger partial charge in [0.1, 0.15) is 11.5 Å². The summed E-state index contributed by atoms with van der Waals surface area (Å²) in [5.74, 6) is 0.997. The van der Waals surface area contributed by atoms with Gasteiger partial charge in [-0.1, -0.05) is 61.9 Å². The van der Waals surface area contributed by atoms with Gasteiger partial charge in [0.05, 0.1) is 6.04 Å². The van der Waals surface area contributed by atoms with Crippen LogP contribution in [0.15, 0.2) is 84.9 Å². The second kappa shape index (κ2) is 11.7. The van der Waals surface area contributed by atoms with Crippen LogP contribution in [-0.2, 0) is 6.42 Å². The molecule has 5 heteroatoms. The molecule has 1 atom stereocenters. The highest BCUT2D eigenvalue weighted by Crippen LogP contribution is 2.28. The van der Waals surface area contributed by atoms with E-state index in [0.717, 1.165) is 41.2 Å². The maximum atomic E-state index is 13.5. The maximum Gasteiger partial charge on any atom is 0.253 e. The maximum absolute atomic E-state index is 13.5. The van der Waals surface area contributed by atoms with Crippen LogP contribution in [0.3, 0.4) is 0 Å². The number of hydrogen-bond donors (Lipinski definition) is 1. The number of nitrogens with zero attached hydrogens (tertiary/aromatic N) is 1. The molecule has 4 aromatic carbocycles. The van der Waals surface area contributed by atoms with Crippen molar-refractivity contribution in [2.45, 2.75) is 39.2 Å². The van der Waals surface area contributed by atoms with Crippen LogP contribution in [0.2, 0.25) is 0 Å². The lowest BCUT2D eigenvalue weighted by atomic mass is 9.98. The lowest BCUT2D eigenvalue weighted by Crippen LogP contribution is -2.27. The van der Waals surface area contributed by atoms with Crippen LogP contribution in [0.4, 0.5) is 0 Å². The van der Waals surface area contributed by atoms with E-state index in [9.17, 15) is 9.59 Å². The Bertz CT molecular complexity index is 1390. The summed E-state index contributed by atoms with van der Waals surface area (Å²) in [6, 6.07) is 26.9. The molecule has 4 rings (SSSR count). The lowest BCUT2D eigenvalue weighted by Gasteiger charge is -2.19. The van der Waals surface area contributed by atoms with Crippen molar-refractivity contribution in [1.82, 2.24) is 10.2 Å². The Hall–Kier alpha value is -4.12. The average Bonchev–Trinajstić information content (AvgIpc) is 2.91. The van der Waals surface area contributed by atoms with E-state index in [4.69, 9.17) is 4.74 Å². The fourth-order valence-corrected chi connectivity index (χ4v) is 4.46. The molecule has 0 unspecified atom stereocenters. The van der Waals surface area contributed by atoms with Gasteiger partial charge >= 0.3 is 0 Å². The fourth-order valence-electron chi connectivity index (χ4n) is 4.46. The molecule has 0 aromatic heterocycles. The Balaban J connectivity index is 1.57. The minimum atomic E-state index is -0.163. The zero-order valence-corrected chi connectivity index (χ0v) is 22.0. The van der Waals surface area contributed by atoms with Gasteiger partial charge in [0.15, 0.2) is 0 Å². The van der Waals surface area contributed by atoms with Crippen LogP contribution < -0.4 is 10.1 Å². The standard InChI is InChI=1S/C32H34N2O3/c1-5-6-10-24-15-20-27(37-26-18-16-25(17-19-26)32(36)34(3)4)21-30(24)31(35)33-22(2)28-14-9-12-23-11-7-8-13-29(23)28/h7-9,11-22H,5-6,10H2,1-4H3,(H,33,35)/t22-/m1/s1. The molecule has 190 valence electrons. The van der Waals surface area contributed by atoms with E-state index in [1.165, 1.54) is 4.90 Å². The third kappa shape index (κ3) is 6.18. The summed E-state index contributed by atoms with van der Waals surface area (Å²) in [7, 11) is 3.45. The predicted molar refractivity (Wildman–Crippen MR) is 149 cm³/mol.